The molecular weight excluding hydrogens is 545 g/mol. The third kappa shape index (κ3) is 4.71. The van der Waals surface area contributed by atoms with Crippen LogP contribution in [0.3, 0.4) is 0 Å². The summed E-state index contributed by atoms with van der Waals surface area (Å²) in [7, 11) is 0. The summed E-state index contributed by atoms with van der Waals surface area (Å²) in [5.41, 5.74) is 5.37. The van der Waals surface area contributed by atoms with Gasteiger partial charge in [0.25, 0.3) is 0 Å². The molecule has 0 saturated heterocycles. The van der Waals surface area contributed by atoms with Crippen molar-refractivity contribution in [3.8, 4) is 11.3 Å². The van der Waals surface area contributed by atoms with Crippen LogP contribution in [0.4, 0.5) is 0 Å². The van der Waals surface area contributed by atoms with E-state index >= 15 is 0 Å². The van der Waals surface area contributed by atoms with Gasteiger partial charge < -0.3 is 9.97 Å². The number of nitrogens with zero attached hydrogens (tertiary/aromatic N) is 2. The first kappa shape index (κ1) is 21.6. The van der Waals surface area contributed by atoms with E-state index in [0.717, 1.165) is 33.1 Å². The fraction of sp³-hybridized carbons (Fsp3) is 0.0370. The van der Waals surface area contributed by atoms with Crippen molar-refractivity contribution in [3.63, 3.8) is 0 Å². The maximum absolute atomic E-state index is 4.44. The van der Waals surface area contributed by atoms with E-state index in [1.54, 1.807) is 0 Å². The molecule has 0 aliphatic carbocycles. The fourth-order valence-electron chi connectivity index (χ4n) is 3.24. The van der Waals surface area contributed by atoms with Gasteiger partial charge in [-0.3, -0.25) is 0 Å². The van der Waals surface area contributed by atoms with Crippen molar-refractivity contribution in [2.75, 3.05) is 0 Å². The third-order valence-electron chi connectivity index (χ3n) is 4.70. The number of hydrogen-bond donors (Lipinski definition) is 0. The van der Waals surface area contributed by atoms with Crippen LogP contribution in [-0.4, -0.2) is 9.97 Å². The number of aromatic nitrogens is 2. The van der Waals surface area contributed by atoms with Gasteiger partial charge in [-0.05, 0) is 41.2 Å². The van der Waals surface area contributed by atoms with E-state index < -0.39 is 0 Å². The van der Waals surface area contributed by atoms with Crippen LogP contribution in [0.25, 0.3) is 39.0 Å². The molecule has 2 nitrogen and oxygen atoms in total. The predicted molar refractivity (Wildman–Crippen MR) is 121 cm³/mol. The summed E-state index contributed by atoms with van der Waals surface area (Å²) in [4.78, 5) is 8.72. The van der Waals surface area contributed by atoms with E-state index in [0.29, 0.717) is 0 Å². The molecule has 30 heavy (non-hydrogen) atoms. The van der Waals surface area contributed by atoms with Gasteiger partial charge >= 0.3 is 0 Å². The molecule has 149 valence electrons. The summed E-state index contributed by atoms with van der Waals surface area (Å²) in [6, 6.07) is 30.5. The van der Waals surface area contributed by atoms with E-state index in [1.165, 1.54) is 10.9 Å². The van der Waals surface area contributed by atoms with Crippen LogP contribution in [0.1, 0.15) is 11.1 Å². The molecule has 0 unspecified atom stereocenters. The first-order valence-corrected chi connectivity index (χ1v) is 9.46. The molecule has 0 N–H and O–H groups in total. The zero-order valence-electron chi connectivity index (χ0n) is 16.6. The third-order valence-corrected chi connectivity index (χ3v) is 4.70. The number of fused-ring (bicyclic) bond motifs is 3. The van der Waals surface area contributed by atoms with Gasteiger partial charge in [0.2, 0.25) is 0 Å². The molecule has 0 amide bonds. The average Bonchev–Trinajstić information content (AvgIpc) is 2.79. The number of rotatable bonds is 2. The van der Waals surface area contributed by atoms with Crippen LogP contribution < -0.4 is 0 Å². The van der Waals surface area contributed by atoms with Gasteiger partial charge in [-0.25, -0.2) is 0 Å². The van der Waals surface area contributed by atoms with Crippen molar-refractivity contribution in [2.45, 2.75) is 6.92 Å². The molecule has 0 saturated carbocycles. The van der Waals surface area contributed by atoms with Crippen molar-refractivity contribution in [1.82, 2.24) is 9.97 Å². The van der Waals surface area contributed by atoms with Gasteiger partial charge in [0, 0.05) is 32.5 Å². The molecule has 2 heterocycles. The van der Waals surface area contributed by atoms with E-state index in [9.17, 15) is 0 Å². The number of benzene rings is 3. The Bertz CT molecular complexity index is 1280. The van der Waals surface area contributed by atoms with Crippen LogP contribution in [-0.2, 0) is 20.1 Å². The van der Waals surface area contributed by atoms with E-state index in [2.05, 4.69) is 59.9 Å². The summed E-state index contributed by atoms with van der Waals surface area (Å²) in [6.45, 7) is 5.89. The van der Waals surface area contributed by atoms with Gasteiger partial charge in [0.1, 0.15) is 0 Å². The SMILES string of the molecule is C=Cc1ccnc2c1ccc1ccc[c-]c12.Cc1ccnc(-c2[c-]cccc2)c1.[Ir]. The zero-order chi connectivity index (χ0) is 20.1. The molecule has 0 aliphatic rings. The smallest absolute Gasteiger partial charge is 0.0167 e. The predicted octanol–water partition coefficient (Wildman–Crippen LogP) is 6.69. The second-order valence-electron chi connectivity index (χ2n) is 6.70. The number of aryl methyl sites for hydroxylation is 1. The summed E-state index contributed by atoms with van der Waals surface area (Å²) < 4.78 is 0. The summed E-state index contributed by atoms with van der Waals surface area (Å²) >= 11 is 0. The minimum atomic E-state index is 0. The van der Waals surface area contributed by atoms with Gasteiger partial charge in [-0.15, -0.1) is 70.9 Å². The Morgan fingerprint density at radius 1 is 0.867 bits per heavy atom. The molecule has 2 aromatic heterocycles. The van der Waals surface area contributed by atoms with Crippen LogP contribution in [0.5, 0.6) is 0 Å². The van der Waals surface area contributed by atoms with Crippen LogP contribution in [0.2, 0.25) is 0 Å². The molecule has 1 radical (unpaired) electrons. The van der Waals surface area contributed by atoms with Crippen LogP contribution in [0, 0.1) is 19.1 Å². The van der Waals surface area contributed by atoms with Crippen LogP contribution >= 0.6 is 0 Å². The summed E-state index contributed by atoms with van der Waals surface area (Å²) in [6.07, 6.45) is 5.50. The second-order valence-corrected chi connectivity index (χ2v) is 6.70. The maximum Gasteiger partial charge on any atom is 0.0167 e. The minimum Gasteiger partial charge on any atom is -0.305 e. The number of pyridine rings is 2. The van der Waals surface area contributed by atoms with Crippen LogP contribution in [0.15, 0.2) is 91.8 Å². The Balaban J connectivity index is 0.000000169. The minimum absolute atomic E-state index is 0. The Kier molecular flexibility index (Phi) is 7.24. The van der Waals surface area contributed by atoms with Crippen molar-refractivity contribution in [3.05, 3.63) is 115 Å². The molecule has 3 aromatic carbocycles. The van der Waals surface area contributed by atoms with Gasteiger partial charge in [-0.1, -0.05) is 36.4 Å². The normalized spacial score (nSPS) is 10.0. The maximum atomic E-state index is 4.44. The Morgan fingerprint density at radius 2 is 1.70 bits per heavy atom. The second kappa shape index (κ2) is 10.1. The average molecular weight is 565 g/mol. The van der Waals surface area contributed by atoms with Crippen molar-refractivity contribution in [1.29, 1.82) is 0 Å². The summed E-state index contributed by atoms with van der Waals surface area (Å²) in [5.74, 6) is 0. The standard InChI is InChI=1S/C15H10N.C12H10N.Ir/c1-2-11-9-10-16-15-13-6-4-3-5-12(13)7-8-14(11)15;1-10-7-8-13-12(9-10)11-5-3-2-4-6-11;/h2-5,7-10H,1H2;2-5,7-9H,1H3;/q2*-1;. The van der Waals surface area contributed by atoms with Gasteiger partial charge in [-0.2, -0.15) is 0 Å². The Morgan fingerprint density at radius 3 is 2.47 bits per heavy atom. The van der Waals surface area contributed by atoms with Gasteiger partial charge in [0.15, 0.2) is 0 Å². The quantitative estimate of drug-likeness (QED) is 0.177. The van der Waals surface area contributed by atoms with Gasteiger partial charge in [0.05, 0.1) is 0 Å². The first-order chi connectivity index (χ1) is 14.3. The molecule has 0 spiro atoms. The van der Waals surface area contributed by atoms with Crippen molar-refractivity contribution < 1.29 is 20.1 Å². The van der Waals surface area contributed by atoms with E-state index in [1.807, 2.05) is 67.0 Å². The molecule has 5 aromatic rings. The molecule has 0 atom stereocenters. The first-order valence-electron chi connectivity index (χ1n) is 9.46. The largest absolute Gasteiger partial charge is 0.305 e. The molecule has 0 aliphatic heterocycles. The molecule has 0 bridgehead atoms. The van der Waals surface area contributed by atoms with E-state index in [4.69, 9.17) is 0 Å². The molecule has 0 fully saturated rings. The van der Waals surface area contributed by atoms with E-state index in [-0.39, 0.29) is 20.1 Å². The van der Waals surface area contributed by atoms with Crippen molar-refractivity contribution >= 4 is 27.8 Å². The van der Waals surface area contributed by atoms with Crippen molar-refractivity contribution in [2.24, 2.45) is 0 Å². The Hall–Kier alpha value is -3.13. The summed E-state index contributed by atoms with van der Waals surface area (Å²) in [5, 5.41) is 3.37. The Labute approximate surface area is 190 Å². The molecular formula is C27H20IrN2-2. The molecule has 5 rings (SSSR count). The number of hydrogen-bond acceptors (Lipinski definition) is 2. The monoisotopic (exact) mass is 565 g/mol. The zero-order valence-corrected chi connectivity index (χ0v) is 19.0. The fourth-order valence-corrected chi connectivity index (χ4v) is 3.24. The topological polar surface area (TPSA) is 25.8 Å². The molecule has 3 heteroatoms.